The molecule has 7 aromatic carbocycles. The SMILES string of the molecule is CC=CC(=CCC)c1cc(-c2ccccc2)c2oc3c(-c4ccc(C5=Nc6c(c7ccccc7c7ccccc67)NC5)cc4)cc(C4=CCCC=C4)cc3c2c1. The van der Waals surface area contributed by atoms with Crippen LogP contribution in [0, 0.1) is 0 Å². The minimum atomic E-state index is 0.657. The van der Waals surface area contributed by atoms with Gasteiger partial charge in [0.15, 0.2) is 0 Å². The predicted octanol–water partition coefficient (Wildman–Crippen LogP) is 14.9. The van der Waals surface area contributed by atoms with E-state index in [1.54, 1.807) is 0 Å². The van der Waals surface area contributed by atoms with Gasteiger partial charge in [-0.1, -0.05) is 147 Å². The third-order valence-corrected chi connectivity index (χ3v) is 11.3. The number of hydrogen-bond donors (Lipinski definition) is 1. The number of hydrogen-bond acceptors (Lipinski definition) is 3. The molecule has 8 aromatic rings. The van der Waals surface area contributed by atoms with Crippen molar-refractivity contribution in [1.82, 2.24) is 0 Å². The summed E-state index contributed by atoms with van der Waals surface area (Å²) in [6.45, 7) is 4.94. The molecule has 0 saturated carbocycles. The number of nitrogens with zero attached hydrogens (tertiary/aromatic N) is 1. The third kappa shape index (κ3) is 5.79. The van der Waals surface area contributed by atoms with Gasteiger partial charge < -0.3 is 9.73 Å². The fraction of sp³-hybridized carbons (Fsp3) is 0.113. The highest BCUT2D eigenvalue weighted by molar-refractivity contribution is 6.23. The van der Waals surface area contributed by atoms with Crippen LogP contribution >= 0.6 is 0 Å². The molecule has 3 heteroatoms. The zero-order valence-electron chi connectivity index (χ0n) is 31.8. The van der Waals surface area contributed by atoms with Gasteiger partial charge in [-0.25, -0.2) is 4.99 Å². The zero-order chi connectivity index (χ0) is 37.6. The van der Waals surface area contributed by atoms with Gasteiger partial charge in [0.05, 0.1) is 23.6 Å². The van der Waals surface area contributed by atoms with Crippen molar-refractivity contribution in [2.75, 3.05) is 11.9 Å². The number of anilines is 1. The highest BCUT2D eigenvalue weighted by Crippen LogP contribution is 2.45. The van der Waals surface area contributed by atoms with Crippen molar-refractivity contribution in [3.05, 3.63) is 181 Å². The Bertz CT molecular complexity index is 2990. The second kappa shape index (κ2) is 14.2. The number of aliphatic imine (C=N–C) groups is 1. The van der Waals surface area contributed by atoms with Crippen LogP contribution in [0.2, 0.25) is 0 Å². The zero-order valence-corrected chi connectivity index (χ0v) is 31.8. The molecule has 0 spiro atoms. The largest absolute Gasteiger partial charge is 0.455 e. The van der Waals surface area contributed by atoms with Gasteiger partial charge in [-0.3, -0.25) is 0 Å². The van der Waals surface area contributed by atoms with Crippen molar-refractivity contribution in [2.45, 2.75) is 33.1 Å². The molecule has 1 aliphatic carbocycles. The van der Waals surface area contributed by atoms with E-state index >= 15 is 0 Å². The van der Waals surface area contributed by atoms with E-state index in [1.165, 1.54) is 43.8 Å². The first-order chi connectivity index (χ1) is 27.7. The smallest absolute Gasteiger partial charge is 0.143 e. The average Bonchev–Trinajstić information content (AvgIpc) is 3.65. The molecule has 0 atom stereocenters. The van der Waals surface area contributed by atoms with Crippen LogP contribution in [0.4, 0.5) is 11.4 Å². The molecule has 3 nitrogen and oxygen atoms in total. The molecular weight excluding hydrogens is 681 g/mol. The summed E-state index contributed by atoms with van der Waals surface area (Å²) in [5, 5.41) is 10.9. The summed E-state index contributed by atoms with van der Waals surface area (Å²) in [5.41, 5.74) is 15.4. The fourth-order valence-electron chi connectivity index (χ4n) is 8.64. The maximum Gasteiger partial charge on any atom is 0.143 e. The molecule has 0 bridgehead atoms. The van der Waals surface area contributed by atoms with E-state index in [0.29, 0.717) is 6.54 Å². The Hall–Kier alpha value is -6.71. The summed E-state index contributed by atoms with van der Waals surface area (Å²) in [6, 6.07) is 46.1. The van der Waals surface area contributed by atoms with Gasteiger partial charge in [0.2, 0.25) is 0 Å². The summed E-state index contributed by atoms with van der Waals surface area (Å²) in [6.07, 6.45) is 16.6. The van der Waals surface area contributed by atoms with Crippen LogP contribution in [-0.2, 0) is 0 Å². The molecule has 0 saturated heterocycles. The van der Waals surface area contributed by atoms with Crippen LogP contribution in [0.5, 0.6) is 0 Å². The van der Waals surface area contributed by atoms with E-state index in [-0.39, 0.29) is 0 Å². The van der Waals surface area contributed by atoms with E-state index in [9.17, 15) is 0 Å². The van der Waals surface area contributed by atoms with Crippen LogP contribution in [0.1, 0.15) is 49.8 Å². The van der Waals surface area contributed by atoms with Crippen molar-refractivity contribution < 1.29 is 4.42 Å². The van der Waals surface area contributed by atoms with Crippen molar-refractivity contribution >= 4 is 71.7 Å². The molecule has 10 rings (SSSR count). The maximum atomic E-state index is 7.07. The summed E-state index contributed by atoms with van der Waals surface area (Å²) in [5.74, 6) is 0. The van der Waals surface area contributed by atoms with E-state index in [1.807, 2.05) is 0 Å². The minimum Gasteiger partial charge on any atom is -0.455 e. The highest BCUT2D eigenvalue weighted by Gasteiger charge is 2.22. The summed E-state index contributed by atoms with van der Waals surface area (Å²) in [7, 11) is 0. The molecule has 1 aliphatic heterocycles. The Morgan fingerprint density at radius 3 is 2.05 bits per heavy atom. The highest BCUT2D eigenvalue weighted by atomic mass is 16.3. The van der Waals surface area contributed by atoms with Crippen LogP contribution in [-0.4, -0.2) is 12.3 Å². The Morgan fingerprint density at radius 1 is 0.661 bits per heavy atom. The second-order valence-electron chi connectivity index (χ2n) is 14.8. The summed E-state index contributed by atoms with van der Waals surface area (Å²) in [4.78, 5) is 5.35. The second-order valence-corrected chi connectivity index (χ2v) is 14.8. The minimum absolute atomic E-state index is 0.657. The molecule has 1 aromatic heterocycles. The molecule has 56 heavy (non-hydrogen) atoms. The van der Waals surface area contributed by atoms with Gasteiger partial charge in [-0.05, 0) is 100 Å². The number of rotatable bonds is 7. The molecular formula is C53H42N2O. The Morgan fingerprint density at radius 2 is 1.32 bits per heavy atom. The van der Waals surface area contributed by atoms with Gasteiger partial charge in [0.25, 0.3) is 0 Å². The van der Waals surface area contributed by atoms with Crippen molar-refractivity contribution in [1.29, 1.82) is 0 Å². The van der Waals surface area contributed by atoms with E-state index in [0.717, 1.165) is 86.1 Å². The van der Waals surface area contributed by atoms with Gasteiger partial charge in [0, 0.05) is 32.7 Å². The van der Waals surface area contributed by atoms with Gasteiger partial charge >= 0.3 is 0 Å². The van der Waals surface area contributed by atoms with Crippen LogP contribution in [0.15, 0.2) is 173 Å². The van der Waals surface area contributed by atoms with Gasteiger partial charge in [0.1, 0.15) is 11.2 Å². The van der Waals surface area contributed by atoms with Crippen molar-refractivity contribution in [2.24, 2.45) is 4.99 Å². The number of nitrogens with one attached hydrogen (secondary N) is 1. The van der Waals surface area contributed by atoms with Crippen LogP contribution in [0.3, 0.4) is 0 Å². The van der Waals surface area contributed by atoms with Gasteiger partial charge in [-0.15, -0.1) is 0 Å². The Balaban J connectivity index is 1.15. The van der Waals surface area contributed by atoms with E-state index in [4.69, 9.17) is 9.41 Å². The normalized spacial score (nSPS) is 14.4. The number of fused-ring (bicyclic) bond motifs is 9. The van der Waals surface area contributed by atoms with Crippen LogP contribution in [0.25, 0.3) is 76.9 Å². The third-order valence-electron chi connectivity index (χ3n) is 11.3. The molecule has 0 radical (unpaired) electrons. The fourth-order valence-corrected chi connectivity index (χ4v) is 8.64. The van der Waals surface area contributed by atoms with Gasteiger partial charge in [-0.2, -0.15) is 0 Å². The lowest BCUT2D eigenvalue weighted by molar-refractivity contribution is 0.671. The van der Waals surface area contributed by atoms with Crippen molar-refractivity contribution in [3.8, 4) is 22.3 Å². The lowest BCUT2D eigenvalue weighted by atomic mass is 9.91. The topological polar surface area (TPSA) is 37.5 Å². The first-order valence-electron chi connectivity index (χ1n) is 19.8. The standard InChI is InChI=1S/C53H42N2O/c1-3-15-34(16-4-2)39-29-45(36-19-9-6-10-20-36)52-47(31-39)48-32-40(35-17-7-5-8-18-35)30-46(53(48)56-52)37-25-27-38(28-26-37)49-33-54-50-43-23-13-11-21-41(43)42-22-12-14-24-44(42)51(50)55-49/h3,6-7,9-32,54H,4-5,8,33H2,1-2H3. The Labute approximate surface area is 327 Å². The van der Waals surface area contributed by atoms with Crippen LogP contribution < -0.4 is 5.32 Å². The molecule has 0 fully saturated rings. The quantitative estimate of drug-likeness (QED) is 0.131. The van der Waals surface area contributed by atoms with E-state index in [2.05, 4.69) is 183 Å². The first kappa shape index (κ1) is 33.8. The molecule has 0 unspecified atom stereocenters. The number of allylic oxidation sites excluding steroid dienone is 8. The number of furan rings is 1. The number of benzene rings is 7. The molecule has 0 amide bonds. The molecule has 1 N–H and O–H groups in total. The lowest BCUT2D eigenvalue weighted by Gasteiger charge is -2.22. The van der Waals surface area contributed by atoms with Crippen molar-refractivity contribution in [3.63, 3.8) is 0 Å². The average molecular weight is 723 g/mol. The monoisotopic (exact) mass is 722 g/mol. The predicted molar refractivity (Wildman–Crippen MR) is 240 cm³/mol. The van der Waals surface area contributed by atoms with E-state index < -0.39 is 0 Å². The Kier molecular flexibility index (Phi) is 8.56. The summed E-state index contributed by atoms with van der Waals surface area (Å²) < 4.78 is 7.07. The first-order valence-corrected chi connectivity index (χ1v) is 19.8. The molecule has 270 valence electrons. The molecule has 2 heterocycles. The lowest BCUT2D eigenvalue weighted by Crippen LogP contribution is -2.19. The maximum absolute atomic E-state index is 7.07. The molecule has 2 aliphatic rings. The summed E-state index contributed by atoms with van der Waals surface area (Å²) >= 11 is 0.